The lowest BCUT2D eigenvalue weighted by Gasteiger charge is -2.46. The fourth-order valence-corrected chi connectivity index (χ4v) is 4.66. The van der Waals surface area contributed by atoms with Crippen molar-refractivity contribution < 1.29 is 9.90 Å². The molecule has 0 bridgehead atoms. The van der Waals surface area contributed by atoms with E-state index in [1.807, 2.05) is 30.3 Å². The standard InChI is InChI=1S/C27H38N2O2/c1-20(2)25(28-26(31)14-13-22-9-6-5-7-10-22)19-29-16-15-27(4,21(3)18-29)23-11-8-12-24(30)17-23/h5-12,17,20-21,25,30H,13-16,18-19H2,1-4H3,(H,28,31). The molecular formula is C27H38N2O2. The third-order valence-electron chi connectivity index (χ3n) is 7.16. The van der Waals surface area contributed by atoms with Gasteiger partial charge >= 0.3 is 0 Å². The van der Waals surface area contributed by atoms with Gasteiger partial charge < -0.3 is 15.3 Å². The largest absolute Gasteiger partial charge is 0.508 e. The molecule has 2 N–H and O–H groups in total. The van der Waals surface area contributed by atoms with Gasteiger partial charge in [-0.1, -0.05) is 70.2 Å². The van der Waals surface area contributed by atoms with Crippen molar-refractivity contribution in [2.45, 2.75) is 58.4 Å². The quantitative estimate of drug-likeness (QED) is 0.645. The molecule has 3 atom stereocenters. The van der Waals surface area contributed by atoms with Crippen molar-refractivity contribution in [1.29, 1.82) is 0 Å². The summed E-state index contributed by atoms with van der Waals surface area (Å²) in [6.07, 6.45) is 2.35. The maximum atomic E-state index is 12.6. The van der Waals surface area contributed by atoms with Crippen LogP contribution in [0.25, 0.3) is 0 Å². The Bertz CT molecular complexity index is 851. The molecule has 2 aromatic carbocycles. The van der Waals surface area contributed by atoms with E-state index in [0.29, 0.717) is 24.0 Å². The van der Waals surface area contributed by atoms with Gasteiger partial charge in [0, 0.05) is 25.6 Å². The first-order chi connectivity index (χ1) is 14.8. The fraction of sp³-hybridized carbons (Fsp3) is 0.519. The van der Waals surface area contributed by atoms with Crippen LogP contribution in [0.1, 0.15) is 51.7 Å². The molecule has 0 radical (unpaired) electrons. The van der Waals surface area contributed by atoms with E-state index in [4.69, 9.17) is 0 Å². The summed E-state index contributed by atoms with van der Waals surface area (Å²) in [6.45, 7) is 11.9. The number of phenolic OH excluding ortho intramolecular Hbond substituents is 1. The van der Waals surface area contributed by atoms with Crippen LogP contribution < -0.4 is 5.32 Å². The highest BCUT2D eigenvalue weighted by Crippen LogP contribution is 2.40. The van der Waals surface area contributed by atoms with E-state index in [0.717, 1.165) is 32.5 Å². The lowest BCUT2D eigenvalue weighted by atomic mass is 9.68. The van der Waals surface area contributed by atoms with Crippen LogP contribution in [0.4, 0.5) is 0 Å². The molecule has 1 saturated heterocycles. The number of carbonyl (C=O) groups is 1. The average molecular weight is 423 g/mol. The van der Waals surface area contributed by atoms with E-state index < -0.39 is 0 Å². The summed E-state index contributed by atoms with van der Waals surface area (Å²) < 4.78 is 0. The molecular weight excluding hydrogens is 384 g/mol. The van der Waals surface area contributed by atoms with Gasteiger partial charge in [-0.15, -0.1) is 0 Å². The minimum Gasteiger partial charge on any atom is -0.508 e. The molecule has 1 aliphatic rings. The van der Waals surface area contributed by atoms with Crippen LogP contribution in [-0.4, -0.2) is 41.6 Å². The topological polar surface area (TPSA) is 52.6 Å². The Morgan fingerprint density at radius 1 is 1.19 bits per heavy atom. The molecule has 3 rings (SSSR count). The minimum atomic E-state index is 0.0570. The number of phenols is 1. The molecule has 0 spiro atoms. The molecule has 0 aromatic heterocycles. The summed E-state index contributed by atoms with van der Waals surface area (Å²) in [6, 6.07) is 18.1. The molecule has 4 heteroatoms. The van der Waals surface area contributed by atoms with Gasteiger partial charge in [-0.2, -0.15) is 0 Å². The van der Waals surface area contributed by atoms with E-state index in [1.165, 1.54) is 11.1 Å². The lowest BCUT2D eigenvalue weighted by molar-refractivity contribution is -0.122. The summed E-state index contributed by atoms with van der Waals surface area (Å²) in [5.74, 6) is 1.32. The van der Waals surface area contributed by atoms with Crippen molar-refractivity contribution in [3.8, 4) is 5.75 Å². The number of rotatable bonds is 8. The molecule has 1 amide bonds. The van der Waals surface area contributed by atoms with Crippen molar-refractivity contribution in [3.05, 3.63) is 65.7 Å². The number of piperidine rings is 1. The summed E-state index contributed by atoms with van der Waals surface area (Å²) in [5, 5.41) is 13.2. The number of carbonyl (C=O) groups excluding carboxylic acids is 1. The van der Waals surface area contributed by atoms with E-state index in [1.54, 1.807) is 6.07 Å². The summed E-state index contributed by atoms with van der Waals surface area (Å²) in [5.41, 5.74) is 2.48. The number of likely N-dealkylation sites (tertiary alicyclic amines) is 1. The second-order valence-electron chi connectivity index (χ2n) is 9.78. The van der Waals surface area contributed by atoms with E-state index in [9.17, 15) is 9.90 Å². The fourth-order valence-electron chi connectivity index (χ4n) is 4.66. The number of hydrogen-bond donors (Lipinski definition) is 2. The molecule has 4 nitrogen and oxygen atoms in total. The van der Waals surface area contributed by atoms with Gasteiger partial charge in [0.25, 0.3) is 0 Å². The van der Waals surface area contributed by atoms with Crippen molar-refractivity contribution in [3.63, 3.8) is 0 Å². The minimum absolute atomic E-state index is 0.0570. The summed E-state index contributed by atoms with van der Waals surface area (Å²) >= 11 is 0. The Balaban J connectivity index is 1.55. The zero-order valence-electron chi connectivity index (χ0n) is 19.5. The Morgan fingerprint density at radius 2 is 1.94 bits per heavy atom. The highest BCUT2D eigenvalue weighted by molar-refractivity contribution is 5.76. The zero-order valence-corrected chi connectivity index (χ0v) is 19.5. The lowest BCUT2D eigenvalue weighted by Crippen LogP contribution is -2.53. The SMILES string of the molecule is CC(C)C(CN1CCC(C)(c2cccc(O)c2)C(C)C1)NC(=O)CCc1ccccc1. The molecule has 1 fully saturated rings. The number of aromatic hydroxyl groups is 1. The first-order valence-corrected chi connectivity index (χ1v) is 11.6. The summed E-state index contributed by atoms with van der Waals surface area (Å²) in [4.78, 5) is 15.1. The summed E-state index contributed by atoms with van der Waals surface area (Å²) in [7, 11) is 0. The van der Waals surface area contributed by atoms with E-state index in [-0.39, 0.29) is 17.4 Å². The van der Waals surface area contributed by atoms with Crippen molar-refractivity contribution >= 4 is 5.91 Å². The molecule has 2 aromatic rings. The number of benzene rings is 2. The van der Waals surface area contributed by atoms with Crippen LogP contribution in [-0.2, 0) is 16.6 Å². The highest BCUT2D eigenvalue weighted by atomic mass is 16.3. The Labute approximate surface area is 187 Å². The van der Waals surface area contributed by atoms with Crippen molar-refractivity contribution in [2.24, 2.45) is 11.8 Å². The van der Waals surface area contributed by atoms with E-state index in [2.05, 4.69) is 56.1 Å². The molecule has 0 aliphatic carbocycles. The van der Waals surface area contributed by atoms with Crippen LogP contribution in [0, 0.1) is 11.8 Å². The Kier molecular flexibility index (Phi) is 7.77. The first-order valence-electron chi connectivity index (χ1n) is 11.6. The third-order valence-corrected chi connectivity index (χ3v) is 7.16. The van der Waals surface area contributed by atoms with E-state index >= 15 is 0 Å². The first kappa shape index (κ1) is 23.3. The van der Waals surface area contributed by atoms with Gasteiger partial charge in [0.05, 0.1) is 0 Å². The molecule has 168 valence electrons. The van der Waals surface area contributed by atoms with Gasteiger partial charge in [-0.05, 0) is 59.9 Å². The second-order valence-corrected chi connectivity index (χ2v) is 9.78. The van der Waals surface area contributed by atoms with Crippen LogP contribution in [0.3, 0.4) is 0 Å². The van der Waals surface area contributed by atoms with Crippen LogP contribution in [0.15, 0.2) is 54.6 Å². The zero-order chi connectivity index (χ0) is 22.4. The van der Waals surface area contributed by atoms with Gasteiger partial charge in [0.15, 0.2) is 0 Å². The second kappa shape index (κ2) is 10.3. The third kappa shape index (κ3) is 6.10. The van der Waals surface area contributed by atoms with Crippen LogP contribution in [0.2, 0.25) is 0 Å². The maximum Gasteiger partial charge on any atom is 0.220 e. The molecule has 1 heterocycles. The maximum absolute atomic E-state index is 12.6. The van der Waals surface area contributed by atoms with Gasteiger partial charge in [0.1, 0.15) is 5.75 Å². The number of amides is 1. The normalized spacial score (nSPS) is 22.9. The van der Waals surface area contributed by atoms with Gasteiger partial charge in [-0.3, -0.25) is 4.79 Å². The van der Waals surface area contributed by atoms with Gasteiger partial charge in [0.2, 0.25) is 5.91 Å². The Hall–Kier alpha value is -2.33. The number of nitrogens with zero attached hydrogens (tertiary/aromatic N) is 1. The molecule has 3 unspecified atom stereocenters. The molecule has 1 aliphatic heterocycles. The number of aryl methyl sites for hydroxylation is 1. The molecule has 31 heavy (non-hydrogen) atoms. The number of nitrogens with one attached hydrogen (secondary N) is 1. The van der Waals surface area contributed by atoms with Crippen LogP contribution in [0.5, 0.6) is 5.75 Å². The smallest absolute Gasteiger partial charge is 0.220 e. The molecule has 0 saturated carbocycles. The van der Waals surface area contributed by atoms with Crippen LogP contribution >= 0.6 is 0 Å². The van der Waals surface area contributed by atoms with Gasteiger partial charge in [-0.25, -0.2) is 0 Å². The Morgan fingerprint density at radius 3 is 2.58 bits per heavy atom. The monoisotopic (exact) mass is 422 g/mol. The predicted molar refractivity (Wildman–Crippen MR) is 127 cm³/mol. The average Bonchev–Trinajstić information content (AvgIpc) is 2.75. The predicted octanol–water partition coefficient (Wildman–Crippen LogP) is 4.77. The highest BCUT2D eigenvalue weighted by Gasteiger charge is 2.38. The van der Waals surface area contributed by atoms with Crippen molar-refractivity contribution in [1.82, 2.24) is 10.2 Å². The number of hydrogen-bond acceptors (Lipinski definition) is 3. The van der Waals surface area contributed by atoms with Crippen molar-refractivity contribution in [2.75, 3.05) is 19.6 Å².